The van der Waals surface area contributed by atoms with E-state index in [1.165, 1.54) is 0 Å². The Bertz CT molecular complexity index is 1790. The van der Waals surface area contributed by atoms with Gasteiger partial charge in [-0.2, -0.15) is 0 Å². The number of ether oxygens (including phenoxy) is 2. The van der Waals surface area contributed by atoms with Crippen molar-refractivity contribution in [1.29, 1.82) is 0 Å². The zero-order chi connectivity index (χ0) is 28.5. The van der Waals surface area contributed by atoms with Crippen molar-refractivity contribution < 1.29 is 9.47 Å². The number of hydrogen-bond donors (Lipinski definition) is 1. The monoisotopic (exact) mass is 577 g/mol. The number of aromatic amines is 1. The summed E-state index contributed by atoms with van der Waals surface area (Å²) in [4.78, 5) is 28.7. The molecule has 42 heavy (non-hydrogen) atoms. The lowest BCUT2D eigenvalue weighted by molar-refractivity contribution is 0.0354. The first-order valence-electron chi connectivity index (χ1n) is 13.9. The van der Waals surface area contributed by atoms with Gasteiger partial charge in [-0.15, -0.1) is 0 Å². The van der Waals surface area contributed by atoms with Crippen LogP contribution in [0.15, 0.2) is 102 Å². The first-order valence-corrected chi connectivity index (χ1v) is 14.3. The molecule has 2 aliphatic heterocycles. The fourth-order valence-corrected chi connectivity index (χ4v) is 5.80. The summed E-state index contributed by atoms with van der Waals surface area (Å²) in [6, 6.07) is 27.9. The summed E-state index contributed by atoms with van der Waals surface area (Å²) in [5.41, 5.74) is 6.35. The van der Waals surface area contributed by atoms with E-state index in [0.29, 0.717) is 43.5 Å². The molecular weight excluding hydrogens is 550 g/mol. The summed E-state index contributed by atoms with van der Waals surface area (Å²) in [5, 5.41) is 0.473. The van der Waals surface area contributed by atoms with E-state index in [9.17, 15) is 4.79 Å². The van der Waals surface area contributed by atoms with Crippen LogP contribution in [0.2, 0.25) is 5.15 Å². The molecule has 5 aromatic rings. The van der Waals surface area contributed by atoms with Gasteiger partial charge in [-0.3, -0.25) is 9.78 Å². The van der Waals surface area contributed by atoms with E-state index < -0.39 is 0 Å². The van der Waals surface area contributed by atoms with Gasteiger partial charge in [0.2, 0.25) is 0 Å². The number of hydrogen-bond acceptors (Lipinski definition) is 7. The molecule has 2 aromatic carbocycles. The molecule has 1 atom stereocenters. The molecule has 9 heteroatoms. The molecule has 2 aliphatic rings. The molecule has 0 amide bonds. The summed E-state index contributed by atoms with van der Waals surface area (Å²) in [7, 11) is 0. The zero-order valence-electron chi connectivity index (χ0n) is 22.7. The van der Waals surface area contributed by atoms with Crippen LogP contribution in [0.1, 0.15) is 28.6 Å². The Hall–Kier alpha value is -4.66. The number of H-pyrrole nitrogens is 1. The SMILES string of the molecule is O=c1[nH]cccc1N1CCOC(c2nccc3c2Oc2ccc(N(Cc4cccc(Cl)n4)c4ccccc4)cc2C3)C1. The molecule has 3 aromatic heterocycles. The Morgan fingerprint density at radius 1 is 0.976 bits per heavy atom. The minimum Gasteiger partial charge on any atom is -0.455 e. The van der Waals surface area contributed by atoms with Crippen LogP contribution in [-0.2, 0) is 17.7 Å². The second-order valence-corrected chi connectivity index (χ2v) is 10.7. The predicted molar refractivity (Wildman–Crippen MR) is 163 cm³/mol. The lowest BCUT2D eigenvalue weighted by Crippen LogP contribution is -2.41. The molecule has 0 bridgehead atoms. The highest BCUT2D eigenvalue weighted by Crippen LogP contribution is 2.43. The first-order chi connectivity index (χ1) is 20.6. The molecule has 1 fully saturated rings. The van der Waals surface area contributed by atoms with Gasteiger partial charge in [0.05, 0.1) is 25.4 Å². The molecular formula is C33H28ClN5O3. The summed E-state index contributed by atoms with van der Waals surface area (Å²) in [5.74, 6) is 1.52. The molecule has 0 saturated carbocycles. The van der Waals surface area contributed by atoms with E-state index in [1.54, 1.807) is 12.3 Å². The van der Waals surface area contributed by atoms with Crippen molar-refractivity contribution in [2.45, 2.75) is 19.1 Å². The van der Waals surface area contributed by atoms with Crippen molar-refractivity contribution in [3.05, 3.63) is 135 Å². The van der Waals surface area contributed by atoms with Gasteiger partial charge in [0.25, 0.3) is 5.56 Å². The molecule has 0 aliphatic carbocycles. The summed E-state index contributed by atoms with van der Waals surface area (Å²) in [6.45, 7) is 2.19. The van der Waals surface area contributed by atoms with Crippen molar-refractivity contribution in [2.75, 3.05) is 29.5 Å². The van der Waals surface area contributed by atoms with Crippen LogP contribution in [0.4, 0.5) is 17.1 Å². The highest BCUT2D eigenvalue weighted by Gasteiger charge is 2.31. The van der Waals surface area contributed by atoms with E-state index >= 15 is 0 Å². The highest BCUT2D eigenvalue weighted by molar-refractivity contribution is 6.29. The molecule has 1 saturated heterocycles. The van der Waals surface area contributed by atoms with Gasteiger partial charge in [0.15, 0.2) is 5.75 Å². The number of nitrogens with zero attached hydrogens (tertiary/aromatic N) is 4. The normalized spacial score (nSPS) is 15.8. The minimum absolute atomic E-state index is 0.113. The number of fused-ring (bicyclic) bond motifs is 2. The van der Waals surface area contributed by atoms with Gasteiger partial charge in [-0.25, -0.2) is 4.98 Å². The number of morpholine rings is 1. The summed E-state index contributed by atoms with van der Waals surface area (Å²) >= 11 is 6.20. The van der Waals surface area contributed by atoms with Gasteiger partial charge in [0, 0.05) is 47.9 Å². The topological polar surface area (TPSA) is 83.6 Å². The number of anilines is 3. The number of halogens is 1. The fourth-order valence-electron chi connectivity index (χ4n) is 5.61. The molecule has 1 unspecified atom stereocenters. The number of nitrogens with one attached hydrogen (secondary N) is 1. The Morgan fingerprint density at radius 2 is 1.88 bits per heavy atom. The molecule has 1 N–H and O–H groups in total. The van der Waals surface area contributed by atoms with Crippen molar-refractivity contribution in [1.82, 2.24) is 15.0 Å². The van der Waals surface area contributed by atoms with Crippen LogP contribution in [0.3, 0.4) is 0 Å². The van der Waals surface area contributed by atoms with Gasteiger partial charge in [0.1, 0.15) is 28.4 Å². The predicted octanol–water partition coefficient (Wildman–Crippen LogP) is 6.43. The van der Waals surface area contributed by atoms with Crippen molar-refractivity contribution >= 4 is 28.7 Å². The van der Waals surface area contributed by atoms with Crippen LogP contribution in [0, 0.1) is 0 Å². The lowest BCUT2D eigenvalue weighted by Gasteiger charge is -2.35. The number of aromatic nitrogens is 3. The van der Waals surface area contributed by atoms with Crippen molar-refractivity contribution in [2.24, 2.45) is 0 Å². The Kier molecular flexibility index (Phi) is 7.07. The lowest BCUT2D eigenvalue weighted by atomic mass is 9.98. The molecule has 5 heterocycles. The van der Waals surface area contributed by atoms with Crippen LogP contribution < -0.4 is 20.1 Å². The van der Waals surface area contributed by atoms with Crippen LogP contribution in [0.25, 0.3) is 0 Å². The van der Waals surface area contributed by atoms with Gasteiger partial charge in [-0.05, 0) is 60.7 Å². The molecule has 8 nitrogen and oxygen atoms in total. The molecule has 0 spiro atoms. The van der Waals surface area contributed by atoms with Crippen molar-refractivity contribution in [3.8, 4) is 11.5 Å². The van der Waals surface area contributed by atoms with Gasteiger partial charge >= 0.3 is 0 Å². The number of rotatable bonds is 6. The fraction of sp³-hybridized carbons (Fsp3) is 0.182. The Balaban J connectivity index is 1.18. The van der Waals surface area contributed by atoms with Crippen LogP contribution >= 0.6 is 11.6 Å². The average Bonchev–Trinajstić information content (AvgIpc) is 3.03. The smallest absolute Gasteiger partial charge is 0.271 e. The molecule has 7 rings (SSSR count). The third kappa shape index (κ3) is 5.22. The molecule has 210 valence electrons. The Morgan fingerprint density at radius 3 is 2.74 bits per heavy atom. The second-order valence-electron chi connectivity index (χ2n) is 10.3. The van der Waals surface area contributed by atoms with Crippen molar-refractivity contribution in [3.63, 3.8) is 0 Å². The van der Waals surface area contributed by atoms with Gasteiger partial charge < -0.3 is 24.3 Å². The average molecular weight is 578 g/mol. The van der Waals surface area contributed by atoms with E-state index in [2.05, 4.69) is 44.1 Å². The first kappa shape index (κ1) is 26.3. The Labute approximate surface area is 248 Å². The van der Waals surface area contributed by atoms with Gasteiger partial charge in [-0.1, -0.05) is 35.9 Å². The van der Waals surface area contributed by atoms with E-state index in [-0.39, 0.29) is 11.7 Å². The standard InChI is InChI=1S/C33H28ClN5O3/c34-30-10-4-6-24(37-30)20-39(25-7-2-1-3-8-25)26-11-12-28-23(19-26)18-22-13-15-35-31(32(22)42-28)29-21-38(16-17-41-29)27-9-5-14-36-33(27)40/h1-15,19,29H,16-18,20-21H2,(H,36,40). The third-order valence-corrected chi connectivity index (χ3v) is 7.84. The minimum atomic E-state index is -0.326. The second kappa shape index (κ2) is 11.3. The maximum atomic E-state index is 12.4. The zero-order valence-corrected chi connectivity index (χ0v) is 23.5. The highest BCUT2D eigenvalue weighted by atomic mass is 35.5. The van der Waals surface area contributed by atoms with E-state index in [1.807, 2.05) is 65.7 Å². The van der Waals surface area contributed by atoms with Crippen LogP contribution in [0.5, 0.6) is 11.5 Å². The summed E-state index contributed by atoms with van der Waals surface area (Å²) < 4.78 is 12.7. The van der Waals surface area contributed by atoms with E-state index in [0.717, 1.165) is 45.4 Å². The third-order valence-electron chi connectivity index (χ3n) is 7.63. The number of pyridine rings is 3. The summed E-state index contributed by atoms with van der Waals surface area (Å²) in [6.07, 6.45) is 3.82. The van der Waals surface area contributed by atoms with Crippen LogP contribution in [-0.4, -0.2) is 34.6 Å². The number of benzene rings is 2. The maximum Gasteiger partial charge on any atom is 0.271 e. The largest absolute Gasteiger partial charge is 0.455 e. The van der Waals surface area contributed by atoms with E-state index in [4.69, 9.17) is 21.1 Å². The maximum absolute atomic E-state index is 12.4. The quantitative estimate of drug-likeness (QED) is 0.228. The number of para-hydroxylation sites is 1. The molecule has 0 radical (unpaired) electrons.